The van der Waals surface area contributed by atoms with Crippen LogP contribution in [-0.4, -0.2) is 11.7 Å². The molecule has 2 nitrogen and oxygen atoms in total. The molecule has 0 fully saturated rings. The van der Waals surface area contributed by atoms with E-state index in [1.165, 1.54) is 0 Å². The molecular weight excluding hydrogens is 138 g/mol. The van der Waals surface area contributed by atoms with Crippen molar-refractivity contribution in [2.75, 3.05) is 6.54 Å². The third kappa shape index (κ3) is 1.79. The van der Waals surface area contributed by atoms with Gasteiger partial charge in [0.15, 0.2) is 0 Å². The molecule has 0 aliphatic carbocycles. The average Bonchev–Trinajstić information content (AvgIpc) is 2.04. The minimum absolute atomic E-state index is 0.283. The van der Waals surface area contributed by atoms with Crippen LogP contribution in [0.5, 0.6) is 0 Å². The van der Waals surface area contributed by atoms with Crippen molar-refractivity contribution in [3.05, 3.63) is 35.4 Å². The first-order chi connectivity index (χ1) is 5.25. The van der Waals surface area contributed by atoms with Gasteiger partial charge in [0.2, 0.25) is 0 Å². The van der Waals surface area contributed by atoms with Crippen molar-refractivity contribution in [1.29, 1.82) is 0 Å². The summed E-state index contributed by atoms with van der Waals surface area (Å²) in [6.45, 7) is 2.25. The van der Waals surface area contributed by atoms with Crippen LogP contribution >= 0.6 is 0 Å². The molecule has 60 valence electrons. The maximum atomic E-state index is 9.39. The summed E-state index contributed by atoms with van der Waals surface area (Å²) in [7, 11) is 0. The van der Waals surface area contributed by atoms with Gasteiger partial charge in [-0.1, -0.05) is 24.3 Å². The minimum atomic E-state index is -0.517. The van der Waals surface area contributed by atoms with Gasteiger partial charge in [0, 0.05) is 6.54 Å². The van der Waals surface area contributed by atoms with E-state index in [1.54, 1.807) is 0 Å². The predicted molar refractivity (Wildman–Crippen MR) is 45.2 cm³/mol. The summed E-state index contributed by atoms with van der Waals surface area (Å²) < 4.78 is 0. The van der Waals surface area contributed by atoms with E-state index in [0.717, 1.165) is 11.1 Å². The number of nitrogens with two attached hydrogens (primary N) is 1. The first kappa shape index (κ1) is 8.24. The number of aliphatic hydroxyl groups is 1. The summed E-state index contributed by atoms with van der Waals surface area (Å²) in [5.74, 6) is 0. The molecule has 0 bridgehead atoms. The Labute approximate surface area is 66.7 Å². The van der Waals surface area contributed by atoms with E-state index >= 15 is 0 Å². The molecule has 1 rings (SSSR count). The van der Waals surface area contributed by atoms with Crippen LogP contribution in [0.2, 0.25) is 0 Å². The van der Waals surface area contributed by atoms with Gasteiger partial charge in [-0.05, 0) is 18.1 Å². The van der Waals surface area contributed by atoms with Crippen molar-refractivity contribution in [1.82, 2.24) is 0 Å². The Hall–Kier alpha value is -0.860. The molecule has 0 aliphatic rings. The zero-order valence-electron chi connectivity index (χ0n) is 6.62. The summed E-state index contributed by atoms with van der Waals surface area (Å²) in [5.41, 5.74) is 7.34. The lowest BCUT2D eigenvalue weighted by Gasteiger charge is -2.10. The molecule has 0 saturated carbocycles. The van der Waals surface area contributed by atoms with Crippen LogP contribution in [0.1, 0.15) is 17.2 Å². The Bertz CT molecular complexity index is 235. The van der Waals surface area contributed by atoms with Crippen LogP contribution in [0.4, 0.5) is 0 Å². The van der Waals surface area contributed by atoms with Crippen molar-refractivity contribution in [2.45, 2.75) is 13.0 Å². The standard InChI is InChI=1S/C9H13NO/c1-7-4-2-3-5-8(7)9(11)6-10/h2-5,9,11H,6,10H2,1H3/t9-/m0/s1. The highest BCUT2D eigenvalue weighted by Gasteiger charge is 2.05. The lowest BCUT2D eigenvalue weighted by Crippen LogP contribution is -2.12. The van der Waals surface area contributed by atoms with E-state index in [9.17, 15) is 5.11 Å². The molecule has 0 unspecified atom stereocenters. The summed E-state index contributed by atoms with van der Waals surface area (Å²) in [6.07, 6.45) is -0.517. The molecule has 0 heterocycles. The van der Waals surface area contributed by atoms with Crippen molar-refractivity contribution < 1.29 is 5.11 Å². The van der Waals surface area contributed by atoms with E-state index in [0.29, 0.717) is 0 Å². The van der Waals surface area contributed by atoms with E-state index in [1.807, 2.05) is 31.2 Å². The molecule has 3 N–H and O–H groups in total. The van der Waals surface area contributed by atoms with E-state index in [4.69, 9.17) is 5.73 Å². The van der Waals surface area contributed by atoms with Crippen LogP contribution in [0.25, 0.3) is 0 Å². The van der Waals surface area contributed by atoms with Crippen LogP contribution in [-0.2, 0) is 0 Å². The van der Waals surface area contributed by atoms with Gasteiger partial charge in [0.25, 0.3) is 0 Å². The highest BCUT2D eigenvalue weighted by molar-refractivity contribution is 5.27. The van der Waals surface area contributed by atoms with Gasteiger partial charge in [0.05, 0.1) is 6.10 Å². The molecule has 1 aromatic rings. The Morgan fingerprint density at radius 3 is 2.64 bits per heavy atom. The molecule has 0 amide bonds. The molecule has 11 heavy (non-hydrogen) atoms. The second-order valence-electron chi connectivity index (χ2n) is 2.61. The molecule has 2 heteroatoms. The maximum absolute atomic E-state index is 9.39. The Morgan fingerprint density at radius 2 is 2.09 bits per heavy atom. The van der Waals surface area contributed by atoms with Crippen LogP contribution < -0.4 is 5.73 Å². The smallest absolute Gasteiger partial charge is 0.0914 e. The summed E-state index contributed by atoms with van der Waals surface area (Å²) in [5, 5.41) is 9.39. The molecule has 0 aliphatic heterocycles. The van der Waals surface area contributed by atoms with Crippen LogP contribution in [0, 0.1) is 6.92 Å². The lowest BCUT2D eigenvalue weighted by atomic mass is 10.0. The second-order valence-corrected chi connectivity index (χ2v) is 2.61. The number of aryl methyl sites for hydroxylation is 1. The fourth-order valence-corrected chi connectivity index (χ4v) is 1.09. The van der Waals surface area contributed by atoms with Gasteiger partial charge in [-0.3, -0.25) is 0 Å². The molecule has 1 aromatic carbocycles. The van der Waals surface area contributed by atoms with Crippen molar-refractivity contribution >= 4 is 0 Å². The van der Waals surface area contributed by atoms with Crippen molar-refractivity contribution in [3.63, 3.8) is 0 Å². The molecule has 0 saturated heterocycles. The third-order valence-corrected chi connectivity index (χ3v) is 1.77. The fraction of sp³-hybridized carbons (Fsp3) is 0.333. The van der Waals surface area contributed by atoms with Crippen molar-refractivity contribution in [2.24, 2.45) is 5.73 Å². The molecule has 1 atom stereocenters. The SMILES string of the molecule is Cc1ccccc1[C@@H](O)CN. The van der Waals surface area contributed by atoms with Gasteiger partial charge >= 0.3 is 0 Å². The Balaban J connectivity index is 2.93. The number of hydrogen-bond acceptors (Lipinski definition) is 2. The fourth-order valence-electron chi connectivity index (χ4n) is 1.09. The lowest BCUT2D eigenvalue weighted by molar-refractivity contribution is 0.186. The largest absolute Gasteiger partial charge is 0.387 e. The van der Waals surface area contributed by atoms with E-state index in [-0.39, 0.29) is 6.54 Å². The van der Waals surface area contributed by atoms with E-state index in [2.05, 4.69) is 0 Å². The zero-order valence-corrected chi connectivity index (χ0v) is 6.62. The Kier molecular flexibility index (Phi) is 2.63. The third-order valence-electron chi connectivity index (χ3n) is 1.77. The number of benzene rings is 1. The van der Waals surface area contributed by atoms with Gasteiger partial charge < -0.3 is 10.8 Å². The zero-order chi connectivity index (χ0) is 8.27. The molecule has 0 aromatic heterocycles. The molecule has 0 radical (unpaired) electrons. The van der Waals surface area contributed by atoms with Crippen LogP contribution in [0.15, 0.2) is 24.3 Å². The monoisotopic (exact) mass is 151 g/mol. The first-order valence-electron chi connectivity index (χ1n) is 3.69. The number of aliphatic hydroxyl groups excluding tert-OH is 1. The maximum Gasteiger partial charge on any atom is 0.0914 e. The topological polar surface area (TPSA) is 46.2 Å². The number of hydrogen-bond donors (Lipinski definition) is 2. The van der Waals surface area contributed by atoms with Crippen molar-refractivity contribution in [3.8, 4) is 0 Å². The van der Waals surface area contributed by atoms with Crippen LogP contribution in [0.3, 0.4) is 0 Å². The molecule has 0 spiro atoms. The number of rotatable bonds is 2. The Morgan fingerprint density at radius 1 is 1.45 bits per heavy atom. The average molecular weight is 151 g/mol. The van der Waals surface area contributed by atoms with Gasteiger partial charge in [-0.25, -0.2) is 0 Å². The van der Waals surface area contributed by atoms with Gasteiger partial charge in [0.1, 0.15) is 0 Å². The predicted octanol–water partition coefficient (Wildman–Crippen LogP) is 0.987. The second kappa shape index (κ2) is 3.51. The minimum Gasteiger partial charge on any atom is -0.387 e. The highest BCUT2D eigenvalue weighted by atomic mass is 16.3. The quantitative estimate of drug-likeness (QED) is 0.662. The van der Waals surface area contributed by atoms with E-state index < -0.39 is 6.10 Å². The summed E-state index contributed by atoms with van der Waals surface area (Å²) in [4.78, 5) is 0. The molecular formula is C9H13NO. The highest BCUT2D eigenvalue weighted by Crippen LogP contribution is 2.15. The summed E-state index contributed by atoms with van der Waals surface area (Å²) >= 11 is 0. The van der Waals surface area contributed by atoms with Gasteiger partial charge in [-0.15, -0.1) is 0 Å². The normalized spacial score (nSPS) is 13.0. The summed E-state index contributed by atoms with van der Waals surface area (Å²) in [6, 6.07) is 7.71. The van der Waals surface area contributed by atoms with Gasteiger partial charge in [-0.2, -0.15) is 0 Å². The first-order valence-corrected chi connectivity index (χ1v) is 3.69.